The minimum atomic E-state index is -0.677. The minimum absolute atomic E-state index is 0.0435. The number of rotatable bonds is 6. The lowest BCUT2D eigenvalue weighted by molar-refractivity contribution is 0.102. The first-order chi connectivity index (χ1) is 13.1. The predicted molar refractivity (Wildman–Crippen MR) is 105 cm³/mol. The normalized spacial score (nSPS) is 10.8. The van der Waals surface area contributed by atoms with Crippen molar-refractivity contribution in [3.63, 3.8) is 0 Å². The predicted octanol–water partition coefficient (Wildman–Crippen LogP) is 3.47. The fraction of sp³-hybridized carbons (Fsp3) is 0.238. The van der Waals surface area contributed by atoms with Gasteiger partial charge < -0.3 is 20.2 Å². The number of hydrogen-bond acceptors (Lipinski definition) is 5. The van der Waals surface area contributed by atoms with Crippen molar-refractivity contribution in [2.45, 2.75) is 26.3 Å². The maximum Gasteiger partial charge on any atom is 0.349 e. The van der Waals surface area contributed by atoms with Crippen LogP contribution in [0.1, 0.15) is 34.8 Å². The number of hydrogen-bond donors (Lipinski definition) is 2. The highest BCUT2D eigenvalue weighted by molar-refractivity contribution is 6.05. The van der Waals surface area contributed by atoms with E-state index in [1.165, 1.54) is 0 Å². The first-order valence-electron chi connectivity index (χ1n) is 8.81. The van der Waals surface area contributed by atoms with Crippen LogP contribution in [0.3, 0.4) is 0 Å². The molecular formula is C21H22N2O4. The van der Waals surface area contributed by atoms with E-state index in [9.17, 15) is 9.59 Å². The van der Waals surface area contributed by atoms with Gasteiger partial charge in [-0.05, 0) is 42.3 Å². The first kappa shape index (κ1) is 18.7. The summed E-state index contributed by atoms with van der Waals surface area (Å²) in [5, 5.41) is 3.40. The van der Waals surface area contributed by atoms with Crippen LogP contribution in [0.4, 0.5) is 5.69 Å². The van der Waals surface area contributed by atoms with Crippen LogP contribution < -0.4 is 21.4 Å². The van der Waals surface area contributed by atoms with Gasteiger partial charge >= 0.3 is 5.63 Å². The van der Waals surface area contributed by atoms with Crippen molar-refractivity contribution in [1.82, 2.24) is 0 Å². The van der Waals surface area contributed by atoms with Crippen molar-refractivity contribution in [1.29, 1.82) is 0 Å². The quantitative estimate of drug-likeness (QED) is 0.652. The fourth-order valence-corrected chi connectivity index (χ4v) is 2.98. The van der Waals surface area contributed by atoms with Crippen LogP contribution in [0, 0.1) is 0 Å². The molecule has 1 aromatic heterocycles. The molecule has 0 bridgehead atoms. The second-order valence-electron chi connectivity index (χ2n) is 6.22. The highest BCUT2D eigenvalue weighted by Gasteiger charge is 2.17. The number of carbonyl (C=O) groups excluding carboxylic acids is 1. The van der Waals surface area contributed by atoms with Gasteiger partial charge in [-0.15, -0.1) is 0 Å². The molecule has 0 unspecified atom stereocenters. The molecule has 27 heavy (non-hydrogen) atoms. The monoisotopic (exact) mass is 366 g/mol. The zero-order valence-electron chi connectivity index (χ0n) is 15.4. The maximum absolute atomic E-state index is 12.5. The minimum Gasteiger partial charge on any atom is -0.496 e. The number of fused-ring (bicyclic) bond motifs is 1. The van der Waals surface area contributed by atoms with Crippen molar-refractivity contribution in [2.75, 3.05) is 12.4 Å². The molecule has 0 saturated heterocycles. The summed E-state index contributed by atoms with van der Waals surface area (Å²) in [6.45, 7) is 2.46. The van der Waals surface area contributed by atoms with E-state index in [0.29, 0.717) is 35.4 Å². The van der Waals surface area contributed by atoms with Crippen molar-refractivity contribution >= 4 is 22.6 Å². The standard InChI is InChI=1S/C21H22N2O4/c1-3-4-16-18(26-2)10-7-14-11-17(21(25)27-19(14)16)20(24)23-15-8-5-13(12-22)6-9-15/h5-11H,3-4,12,22H2,1-2H3,(H,23,24). The molecular weight excluding hydrogens is 344 g/mol. The van der Waals surface area contributed by atoms with Gasteiger partial charge in [-0.3, -0.25) is 4.79 Å². The topological polar surface area (TPSA) is 94.6 Å². The Hall–Kier alpha value is -3.12. The number of methoxy groups -OCH3 is 1. The summed E-state index contributed by atoms with van der Waals surface area (Å²) in [6, 6.07) is 12.3. The molecule has 6 heteroatoms. The highest BCUT2D eigenvalue weighted by atomic mass is 16.5. The van der Waals surface area contributed by atoms with Crippen LogP contribution in [-0.4, -0.2) is 13.0 Å². The number of anilines is 1. The van der Waals surface area contributed by atoms with Crippen molar-refractivity contribution < 1.29 is 13.9 Å². The van der Waals surface area contributed by atoms with Gasteiger partial charge in [0.15, 0.2) is 0 Å². The lowest BCUT2D eigenvalue weighted by atomic mass is 10.0. The molecule has 1 amide bonds. The number of aryl methyl sites for hydroxylation is 1. The summed E-state index contributed by atoms with van der Waals surface area (Å²) < 4.78 is 10.9. The average molecular weight is 366 g/mol. The molecule has 6 nitrogen and oxygen atoms in total. The van der Waals surface area contributed by atoms with Gasteiger partial charge in [-0.1, -0.05) is 25.5 Å². The summed E-state index contributed by atoms with van der Waals surface area (Å²) in [7, 11) is 1.58. The second-order valence-corrected chi connectivity index (χ2v) is 6.22. The summed E-state index contributed by atoms with van der Waals surface area (Å²) in [5.74, 6) is 0.156. The number of benzene rings is 2. The molecule has 0 aliphatic carbocycles. The third-order valence-electron chi connectivity index (χ3n) is 4.37. The van der Waals surface area contributed by atoms with Crippen LogP contribution >= 0.6 is 0 Å². The van der Waals surface area contributed by atoms with E-state index in [0.717, 1.165) is 17.5 Å². The molecule has 3 rings (SSSR count). The molecule has 0 aliphatic heterocycles. The van der Waals surface area contributed by atoms with Crippen LogP contribution in [0.2, 0.25) is 0 Å². The Morgan fingerprint density at radius 2 is 1.93 bits per heavy atom. The van der Waals surface area contributed by atoms with E-state index < -0.39 is 11.5 Å². The Morgan fingerprint density at radius 3 is 2.56 bits per heavy atom. The van der Waals surface area contributed by atoms with E-state index in [1.54, 1.807) is 31.4 Å². The van der Waals surface area contributed by atoms with E-state index in [2.05, 4.69) is 5.32 Å². The Bertz CT molecular complexity index is 1020. The van der Waals surface area contributed by atoms with Gasteiger partial charge in [-0.25, -0.2) is 4.79 Å². The molecule has 0 fully saturated rings. The van der Waals surface area contributed by atoms with Gasteiger partial charge in [0, 0.05) is 23.2 Å². The highest BCUT2D eigenvalue weighted by Crippen LogP contribution is 2.29. The lowest BCUT2D eigenvalue weighted by Gasteiger charge is -2.11. The third-order valence-corrected chi connectivity index (χ3v) is 4.37. The lowest BCUT2D eigenvalue weighted by Crippen LogP contribution is -2.20. The Balaban J connectivity index is 1.98. The number of nitrogens with one attached hydrogen (secondary N) is 1. The van der Waals surface area contributed by atoms with Crippen molar-refractivity contribution in [2.24, 2.45) is 5.73 Å². The van der Waals surface area contributed by atoms with Crippen LogP contribution in [0.15, 0.2) is 51.7 Å². The molecule has 1 heterocycles. The van der Waals surface area contributed by atoms with E-state index in [-0.39, 0.29) is 5.56 Å². The summed E-state index contributed by atoms with van der Waals surface area (Å²) in [4.78, 5) is 25.0. The Labute approximate surface area is 156 Å². The molecule has 0 spiro atoms. The Morgan fingerprint density at radius 1 is 1.19 bits per heavy atom. The molecule has 140 valence electrons. The largest absolute Gasteiger partial charge is 0.496 e. The number of amides is 1. The average Bonchev–Trinajstić information content (AvgIpc) is 2.68. The van der Waals surface area contributed by atoms with Crippen molar-refractivity contribution in [3.8, 4) is 5.75 Å². The third kappa shape index (κ3) is 3.85. The molecule has 0 radical (unpaired) electrons. The summed E-state index contributed by atoms with van der Waals surface area (Å²) >= 11 is 0. The zero-order chi connectivity index (χ0) is 19.4. The van der Waals surface area contributed by atoms with Gasteiger partial charge in [0.1, 0.15) is 16.9 Å². The molecule has 0 atom stereocenters. The SMILES string of the molecule is CCCc1c(OC)ccc2cc(C(=O)Nc3ccc(CN)cc3)c(=O)oc12. The molecule has 0 saturated carbocycles. The van der Waals surface area contributed by atoms with Gasteiger partial charge in [0.25, 0.3) is 5.91 Å². The summed E-state index contributed by atoms with van der Waals surface area (Å²) in [6.07, 6.45) is 1.59. The zero-order valence-corrected chi connectivity index (χ0v) is 15.4. The second kappa shape index (κ2) is 8.05. The first-order valence-corrected chi connectivity index (χ1v) is 8.81. The van der Waals surface area contributed by atoms with Gasteiger partial charge in [0.2, 0.25) is 0 Å². The van der Waals surface area contributed by atoms with Crippen molar-refractivity contribution in [3.05, 3.63) is 69.6 Å². The van der Waals surface area contributed by atoms with E-state index in [1.807, 2.05) is 25.1 Å². The molecule has 2 aromatic carbocycles. The number of carbonyl (C=O) groups is 1. The van der Waals surface area contributed by atoms with E-state index in [4.69, 9.17) is 14.9 Å². The molecule has 3 N–H and O–H groups in total. The van der Waals surface area contributed by atoms with Crippen LogP contribution in [0.5, 0.6) is 5.75 Å². The van der Waals surface area contributed by atoms with Gasteiger partial charge in [0.05, 0.1) is 7.11 Å². The molecule has 3 aromatic rings. The maximum atomic E-state index is 12.5. The molecule has 0 aliphatic rings. The fourth-order valence-electron chi connectivity index (χ4n) is 2.98. The smallest absolute Gasteiger partial charge is 0.349 e. The number of nitrogens with two attached hydrogens (primary N) is 1. The summed E-state index contributed by atoms with van der Waals surface area (Å²) in [5.41, 5.74) is 7.68. The van der Waals surface area contributed by atoms with Gasteiger partial charge in [-0.2, -0.15) is 0 Å². The van der Waals surface area contributed by atoms with Crippen LogP contribution in [-0.2, 0) is 13.0 Å². The van der Waals surface area contributed by atoms with E-state index >= 15 is 0 Å². The number of ether oxygens (including phenoxy) is 1. The van der Waals surface area contributed by atoms with Crippen LogP contribution in [0.25, 0.3) is 11.0 Å². The Kier molecular flexibility index (Phi) is 5.57.